The zero-order chi connectivity index (χ0) is 19.9. The maximum atomic E-state index is 12.6. The van der Waals surface area contributed by atoms with Crippen molar-refractivity contribution >= 4 is 35.0 Å². The molecule has 1 aliphatic heterocycles. The van der Waals surface area contributed by atoms with Crippen LogP contribution < -0.4 is 15.4 Å². The number of benzene rings is 2. The second-order valence-corrected chi connectivity index (χ2v) is 7.27. The smallest absolute Gasteiger partial charge is 0.288 e. The van der Waals surface area contributed by atoms with Gasteiger partial charge in [0.25, 0.3) is 5.76 Å². The molecule has 148 valence electrons. The lowest BCUT2D eigenvalue weighted by atomic mass is 10.0. The minimum Gasteiger partial charge on any atom is -0.494 e. The van der Waals surface area contributed by atoms with Gasteiger partial charge in [-0.05, 0) is 48.7 Å². The summed E-state index contributed by atoms with van der Waals surface area (Å²) < 4.78 is 30.9. The molecule has 2 N–H and O–H groups in total. The summed E-state index contributed by atoms with van der Waals surface area (Å²) in [6, 6.07) is 12.0. The molecule has 2 aromatic carbocycles. The Balaban J connectivity index is 1.44. The van der Waals surface area contributed by atoms with E-state index in [0.717, 1.165) is 11.3 Å². The van der Waals surface area contributed by atoms with Gasteiger partial charge in [0, 0.05) is 23.4 Å². The Morgan fingerprint density at radius 1 is 1.21 bits per heavy atom. The number of nitrogens with one attached hydrogen (secondary N) is 2. The molecule has 1 heterocycles. The highest BCUT2D eigenvalue weighted by Crippen LogP contribution is 2.31. The third-order valence-electron chi connectivity index (χ3n) is 4.17. The lowest BCUT2D eigenvalue weighted by molar-refractivity contribution is -0.117. The highest BCUT2D eigenvalue weighted by Gasteiger charge is 2.15. The van der Waals surface area contributed by atoms with Crippen molar-refractivity contribution in [2.24, 2.45) is 0 Å². The largest absolute Gasteiger partial charge is 0.494 e. The summed E-state index contributed by atoms with van der Waals surface area (Å²) in [5.74, 6) is -2.09. The number of amides is 2. The molecule has 0 saturated carbocycles. The van der Waals surface area contributed by atoms with Gasteiger partial charge in [0.1, 0.15) is 5.75 Å². The Bertz CT molecular complexity index is 861. The van der Waals surface area contributed by atoms with Crippen LogP contribution in [0.3, 0.4) is 0 Å². The monoisotopic (exact) mass is 406 g/mol. The first-order chi connectivity index (χ1) is 13.5. The lowest BCUT2D eigenvalue weighted by Gasteiger charge is -2.17. The number of thioether (sulfide) groups is 1. The third-order valence-corrected chi connectivity index (χ3v) is 4.95. The summed E-state index contributed by atoms with van der Waals surface area (Å²) in [5.41, 5.74) is 2.22. The molecule has 3 rings (SSSR count). The number of hydrogen-bond donors (Lipinski definition) is 2. The van der Waals surface area contributed by atoms with E-state index in [-0.39, 0.29) is 18.2 Å². The molecule has 1 aliphatic rings. The number of para-hydroxylation sites is 1. The highest BCUT2D eigenvalue weighted by atomic mass is 32.2. The normalized spacial score (nSPS) is 13.0. The van der Waals surface area contributed by atoms with Crippen LogP contribution in [0.15, 0.2) is 47.4 Å². The van der Waals surface area contributed by atoms with Crippen LogP contribution in [0.25, 0.3) is 0 Å². The van der Waals surface area contributed by atoms with Crippen molar-refractivity contribution in [2.45, 2.75) is 36.3 Å². The number of fused-ring (bicyclic) bond motifs is 1. The van der Waals surface area contributed by atoms with Crippen LogP contribution in [0.4, 0.5) is 20.2 Å². The summed E-state index contributed by atoms with van der Waals surface area (Å²) in [6.45, 7) is 0.353. The van der Waals surface area contributed by atoms with Gasteiger partial charge in [-0.3, -0.25) is 9.59 Å². The van der Waals surface area contributed by atoms with Crippen LogP contribution in [0.1, 0.15) is 24.8 Å². The predicted molar refractivity (Wildman–Crippen MR) is 105 cm³/mol. The van der Waals surface area contributed by atoms with Gasteiger partial charge in [0.05, 0.1) is 12.3 Å². The second kappa shape index (κ2) is 9.54. The molecule has 0 bridgehead atoms. The summed E-state index contributed by atoms with van der Waals surface area (Å²) in [7, 11) is 0. The van der Waals surface area contributed by atoms with Crippen molar-refractivity contribution in [3.63, 3.8) is 0 Å². The Morgan fingerprint density at radius 3 is 2.86 bits per heavy atom. The Hall–Kier alpha value is -2.61. The average molecular weight is 406 g/mol. The average Bonchev–Trinajstić information content (AvgIpc) is 2.66. The number of anilines is 2. The molecule has 5 nitrogen and oxygen atoms in total. The van der Waals surface area contributed by atoms with E-state index < -0.39 is 5.76 Å². The number of rotatable bonds is 8. The number of hydrogen-bond acceptors (Lipinski definition) is 4. The van der Waals surface area contributed by atoms with Gasteiger partial charge >= 0.3 is 0 Å². The summed E-state index contributed by atoms with van der Waals surface area (Å²) in [6.07, 6.45) is 1.84. The van der Waals surface area contributed by atoms with Crippen LogP contribution in [0.5, 0.6) is 5.75 Å². The van der Waals surface area contributed by atoms with E-state index in [1.54, 1.807) is 30.3 Å². The third kappa shape index (κ3) is 5.69. The van der Waals surface area contributed by atoms with Gasteiger partial charge in [-0.25, -0.2) is 0 Å². The van der Waals surface area contributed by atoms with Gasteiger partial charge in [-0.1, -0.05) is 23.9 Å². The molecular weight excluding hydrogens is 386 g/mol. The van der Waals surface area contributed by atoms with Gasteiger partial charge in [0.2, 0.25) is 11.8 Å². The molecule has 8 heteroatoms. The second-order valence-electron chi connectivity index (χ2n) is 6.24. The molecule has 2 amide bonds. The quantitative estimate of drug-likeness (QED) is 0.493. The van der Waals surface area contributed by atoms with Crippen molar-refractivity contribution in [3.8, 4) is 5.75 Å². The maximum Gasteiger partial charge on any atom is 0.288 e. The number of halogens is 2. The van der Waals surface area contributed by atoms with Crippen molar-refractivity contribution in [3.05, 3.63) is 48.0 Å². The van der Waals surface area contributed by atoms with Crippen LogP contribution >= 0.6 is 11.8 Å². The Kier molecular flexibility index (Phi) is 6.86. The molecule has 2 aromatic rings. The van der Waals surface area contributed by atoms with E-state index >= 15 is 0 Å². The molecule has 28 heavy (non-hydrogen) atoms. The minimum atomic E-state index is -2.55. The molecule has 0 unspecified atom stereocenters. The minimum absolute atomic E-state index is 0.0145. The SMILES string of the molecule is O=C1CCc2cc(OCCCC(=O)Nc3ccccc3SC(F)F)ccc2N1. The van der Waals surface area contributed by atoms with Crippen molar-refractivity contribution in [2.75, 3.05) is 17.2 Å². The number of ether oxygens (including phenoxy) is 1. The van der Waals surface area contributed by atoms with E-state index in [0.29, 0.717) is 54.0 Å². The first-order valence-electron chi connectivity index (χ1n) is 8.90. The summed E-state index contributed by atoms with van der Waals surface area (Å²) >= 11 is 0.405. The van der Waals surface area contributed by atoms with Gasteiger partial charge in [0.15, 0.2) is 0 Å². The van der Waals surface area contributed by atoms with Gasteiger partial charge < -0.3 is 15.4 Å². The van der Waals surface area contributed by atoms with Crippen molar-refractivity contribution in [1.29, 1.82) is 0 Å². The Morgan fingerprint density at radius 2 is 2.04 bits per heavy atom. The summed E-state index contributed by atoms with van der Waals surface area (Å²) in [4.78, 5) is 23.8. The molecule has 0 aromatic heterocycles. The number of carbonyl (C=O) groups is 2. The molecule has 0 aliphatic carbocycles. The van der Waals surface area contributed by atoms with Crippen molar-refractivity contribution < 1.29 is 23.1 Å². The fourth-order valence-electron chi connectivity index (χ4n) is 2.85. The molecule has 0 spiro atoms. The lowest BCUT2D eigenvalue weighted by Crippen LogP contribution is -2.18. The topological polar surface area (TPSA) is 67.4 Å². The summed E-state index contributed by atoms with van der Waals surface area (Å²) in [5, 5.41) is 5.48. The number of alkyl halides is 2. The zero-order valence-corrected chi connectivity index (χ0v) is 15.9. The van der Waals surface area contributed by atoms with E-state index in [4.69, 9.17) is 4.74 Å². The van der Waals surface area contributed by atoms with Crippen LogP contribution in [-0.2, 0) is 16.0 Å². The number of carbonyl (C=O) groups excluding carboxylic acids is 2. The fourth-order valence-corrected chi connectivity index (χ4v) is 3.45. The van der Waals surface area contributed by atoms with Crippen LogP contribution in [0.2, 0.25) is 0 Å². The number of aryl methyl sites for hydroxylation is 1. The van der Waals surface area contributed by atoms with Gasteiger partial charge in [-0.2, -0.15) is 8.78 Å². The molecule has 0 fully saturated rings. The zero-order valence-electron chi connectivity index (χ0n) is 15.0. The van der Waals surface area contributed by atoms with Crippen LogP contribution in [-0.4, -0.2) is 24.2 Å². The highest BCUT2D eigenvalue weighted by molar-refractivity contribution is 7.99. The first kappa shape index (κ1) is 20.1. The molecule has 0 atom stereocenters. The standard InChI is InChI=1S/C20H20F2N2O3S/c21-20(22)28-17-5-2-1-4-16(17)24-18(25)6-3-11-27-14-8-9-15-13(12-14)7-10-19(26)23-15/h1-2,4-5,8-9,12,20H,3,6-7,10-11H2,(H,23,26)(H,24,25). The van der Waals surface area contributed by atoms with Crippen molar-refractivity contribution in [1.82, 2.24) is 0 Å². The molecule has 0 radical (unpaired) electrons. The Labute approximate surface area is 165 Å². The fraction of sp³-hybridized carbons (Fsp3) is 0.300. The van der Waals surface area contributed by atoms with Crippen LogP contribution in [0, 0.1) is 0 Å². The van der Waals surface area contributed by atoms with E-state index in [1.807, 2.05) is 12.1 Å². The first-order valence-corrected chi connectivity index (χ1v) is 9.78. The maximum absolute atomic E-state index is 12.6. The van der Waals surface area contributed by atoms with E-state index in [9.17, 15) is 18.4 Å². The van der Waals surface area contributed by atoms with E-state index in [2.05, 4.69) is 10.6 Å². The molecule has 0 saturated heterocycles. The van der Waals surface area contributed by atoms with E-state index in [1.165, 1.54) is 0 Å². The molecular formula is C20H20F2N2O3S. The predicted octanol–water partition coefficient (Wildman–Crippen LogP) is 4.68. The van der Waals surface area contributed by atoms with Gasteiger partial charge in [-0.15, -0.1) is 0 Å².